The van der Waals surface area contributed by atoms with E-state index in [2.05, 4.69) is 19.7 Å². The van der Waals surface area contributed by atoms with Gasteiger partial charge >= 0.3 is 6.36 Å². The normalized spacial score (nSPS) is 19.4. The van der Waals surface area contributed by atoms with E-state index in [0.717, 1.165) is 37.1 Å². The molecule has 0 amide bonds. The van der Waals surface area contributed by atoms with Crippen LogP contribution in [0.5, 0.6) is 5.75 Å². The Hall–Kier alpha value is -2.99. The van der Waals surface area contributed by atoms with Crippen molar-refractivity contribution in [3.63, 3.8) is 0 Å². The number of ether oxygens (including phenoxy) is 1. The van der Waals surface area contributed by atoms with Crippen molar-refractivity contribution in [2.24, 2.45) is 0 Å². The number of rotatable bonds is 6. The molecule has 0 spiro atoms. The zero-order valence-corrected chi connectivity index (χ0v) is 18.0. The second-order valence-electron chi connectivity index (χ2n) is 7.77. The monoisotopic (exact) mass is 484 g/mol. The van der Waals surface area contributed by atoms with E-state index in [1.807, 2.05) is 4.57 Å². The lowest BCUT2D eigenvalue weighted by Gasteiger charge is -2.30. The van der Waals surface area contributed by atoms with Crippen molar-refractivity contribution in [3.05, 3.63) is 60.9 Å². The third-order valence-electron chi connectivity index (χ3n) is 5.47. The van der Waals surface area contributed by atoms with E-state index in [4.69, 9.17) is 0 Å². The van der Waals surface area contributed by atoms with Gasteiger partial charge in [0.2, 0.25) is 10.0 Å². The molecule has 2 aromatic carbocycles. The van der Waals surface area contributed by atoms with Crippen molar-refractivity contribution < 1.29 is 30.7 Å². The molecule has 12 heteroatoms. The van der Waals surface area contributed by atoms with Gasteiger partial charge in [0, 0.05) is 12.1 Å². The van der Waals surface area contributed by atoms with Gasteiger partial charge in [-0.15, -0.1) is 23.4 Å². The zero-order valence-electron chi connectivity index (χ0n) is 17.2. The predicted octanol–water partition coefficient (Wildman–Crippen LogP) is 4.45. The first-order valence-electron chi connectivity index (χ1n) is 10.1. The first kappa shape index (κ1) is 23.2. The van der Waals surface area contributed by atoms with Gasteiger partial charge in [-0.05, 0) is 61.1 Å². The molecule has 1 aromatic heterocycles. The average molecular weight is 484 g/mol. The van der Waals surface area contributed by atoms with Crippen LogP contribution in [0.15, 0.2) is 60.0 Å². The molecule has 4 rings (SSSR count). The Balaban J connectivity index is 1.47. The lowest BCUT2D eigenvalue weighted by atomic mass is 9.91. The number of sulfonamides is 1. The van der Waals surface area contributed by atoms with Crippen LogP contribution in [0.4, 0.5) is 17.6 Å². The Morgan fingerprint density at radius 2 is 1.67 bits per heavy atom. The first-order valence-corrected chi connectivity index (χ1v) is 11.6. The minimum atomic E-state index is -4.81. The van der Waals surface area contributed by atoms with E-state index >= 15 is 0 Å². The molecule has 2 atom stereocenters. The molecule has 0 saturated heterocycles. The molecule has 1 saturated carbocycles. The smallest absolute Gasteiger partial charge is 0.406 e. The van der Waals surface area contributed by atoms with Crippen LogP contribution in [0, 0.1) is 5.82 Å². The van der Waals surface area contributed by atoms with Crippen molar-refractivity contribution in [2.45, 2.75) is 49.0 Å². The number of alkyl halides is 3. The first-order chi connectivity index (χ1) is 15.6. The van der Waals surface area contributed by atoms with Gasteiger partial charge in [0.25, 0.3) is 0 Å². The van der Waals surface area contributed by atoms with Crippen molar-refractivity contribution in [1.82, 2.24) is 19.5 Å². The number of hydrogen-bond acceptors (Lipinski definition) is 5. The molecular weight excluding hydrogens is 464 g/mol. The van der Waals surface area contributed by atoms with Crippen molar-refractivity contribution >= 4 is 10.0 Å². The molecular formula is C21H20F4N4O3S. The fourth-order valence-electron chi connectivity index (χ4n) is 3.97. The molecule has 3 aromatic rings. The number of halogens is 4. The summed E-state index contributed by atoms with van der Waals surface area (Å²) in [4.78, 5) is -0.491. The molecule has 0 aliphatic heterocycles. The Morgan fingerprint density at radius 1 is 1.00 bits per heavy atom. The molecule has 0 radical (unpaired) electrons. The van der Waals surface area contributed by atoms with E-state index in [1.54, 1.807) is 12.7 Å². The lowest BCUT2D eigenvalue weighted by molar-refractivity contribution is -0.274. The van der Waals surface area contributed by atoms with Crippen LogP contribution in [0.2, 0.25) is 0 Å². The second kappa shape index (κ2) is 9.10. The number of benzene rings is 2. The molecule has 1 heterocycles. The third kappa shape index (κ3) is 5.69. The Morgan fingerprint density at radius 3 is 2.30 bits per heavy atom. The van der Waals surface area contributed by atoms with Crippen LogP contribution in [-0.4, -0.2) is 35.6 Å². The van der Waals surface area contributed by atoms with Crippen molar-refractivity contribution in [1.29, 1.82) is 0 Å². The molecule has 7 nitrogen and oxygen atoms in total. The summed E-state index contributed by atoms with van der Waals surface area (Å²) < 4.78 is 85.6. The lowest BCUT2D eigenvalue weighted by Crippen LogP contribution is -2.39. The number of nitrogens with one attached hydrogen (secondary N) is 1. The van der Waals surface area contributed by atoms with Gasteiger partial charge < -0.3 is 9.30 Å². The van der Waals surface area contributed by atoms with Crippen molar-refractivity contribution in [2.75, 3.05) is 0 Å². The van der Waals surface area contributed by atoms with Gasteiger partial charge in [0.05, 0.1) is 0 Å². The summed E-state index contributed by atoms with van der Waals surface area (Å²) in [5, 5.41) is 7.56. The maximum Gasteiger partial charge on any atom is 0.573 e. The minimum absolute atomic E-state index is 0.0537. The zero-order chi connectivity index (χ0) is 23.6. The highest BCUT2D eigenvalue weighted by molar-refractivity contribution is 7.89. The van der Waals surface area contributed by atoms with Gasteiger partial charge in [0.15, 0.2) is 0 Å². The van der Waals surface area contributed by atoms with Crippen LogP contribution in [0.3, 0.4) is 0 Å². The molecule has 0 bridgehead atoms. The Kier molecular flexibility index (Phi) is 6.39. The summed E-state index contributed by atoms with van der Waals surface area (Å²) in [6.07, 6.45) is 1.18. The predicted molar refractivity (Wildman–Crippen MR) is 110 cm³/mol. The largest absolute Gasteiger partial charge is 0.573 e. The highest BCUT2D eigenvalue weighted by Gasteiger charge is 2.31. The summed E-state index contributed by atoms with van der Waals surface area (Å²) in [5.41, 5.74) is 0.722. The van der Waals surface area contributed by atoms with Gasteiger partial charge in [-0.1, -0.05) is 18.2 Å². The molecule has 1 fully saturated rings. The van der Waals surface area contributed by atoms with Gasteiger partial charge in [-0.3, -0.25) is 0 Å². The maximum atomic E-state index is 14.8. The molecule has 1 aliphatic carbocycles. The van der Waals surface area contributed by atoms with Crippen molar-refractivity contribution in [3.8, 4) is 16.9 Å². The van der Waals surface area contributed by atoms with Crippen LogP contribution >= 0.6 is 0 Å². The van der Waals surface area contributed by atoms with E-state index in [-0.39, 0.29) is 12.1 Å². The number of aromatic nitrogens is 3. The third-order valence-corrected chi connectivity index (χ3v) is 7.02. The molecule has 1 aliphatic rings. The topological polar surface area (TPSA) is 86.1 Å². The minimum Gasteiger partial charge on any atom is -0.406 e. The van der Waals surface area contributed by atoms with Crippen LogP contribution in [-0.2, 0) is 10.0 Å². The Labute approximate surface area is 187 Å². The maximum absolute atomic E-state index is 14.8. The van der Waals surface area contributed by atoms with E-state index < -0.39 is 32.8 Å². The van der Waals surface area contributed by atoms with Crippen LogP contribution < -0.4 is 9.46 Å². The Bertz CT molecular complexity index is 1200. The molecule has 176 valence electrons. The van der Waals surface area contributed by atoms with Gasteiger partial charge in [-0.2, -0.15) is 0 Å². The van der Waals surface area contributed by atoms with Crippen LogP contribution in [0.1, 0.15) is 31.7 Å². The van der Waals surface area contributed by atoms with Gasteiger partial charge in [0.1, 0.15) is 29.1 Å². The second-order valence-corrected chi connectivity index (χ2v) is 9.45. The molecule has 0 unspecified atom stereocenters. The molecule has 33 heavy (non-hydrogen) atoms. The summed E-state index contributed by atoms with van der Waals surface area (Å²) in [5.74, 6) is -1.37. The standard InChI is InChI=1S/C21H20F4N4O3S/c22-19-10-15(14-4-7-18(8-5-14)32-21(23,24)25)6-9-20(19)33(30,31)28-16-2-1-3-17(11-16)29-12-26-27-13-29/h4-10,12-13,16-17,28H,1-3,11H2/t16-,17+/m0/s1. The summed E-state index contributed by atoms with van der Waals surface area (Å²) in [7, 11) is -4.12. The number of hydrogen-bond donors (Lipinski definition) is 1. The fourth-order valence-corrected chi connectivity index (χ4v) is 5.31. The fraction of sp³-hybridized carbons (Fsp3) is 0.333. The average Bonchev–Trinajstić information content (AvgIpc) is 3.28. The highest BCUT2D eigenvalue weighted by atomic mass is 32.2. The van der Waals surface area contributed by atoms with E-state index in [9.17, 15) is 26.0 Å². The molecule has 1 N–H and O–H groups in total. The van der Waals surface area contributed by atoms with Gasteiger partial charge in [-0.25, -0.2) is 17.5 Å². The van der Waals surface area contributed by atoms with E-state index in [1.165, 1.54) is 18.2 Å². The quantitative estimate of drug-likeness (QED) is 0.523. The van der Waals surface area contributed by atoms with E-state index in [0.29, 0.717) is 24.0 Å². The highest BCUT2D eigenvalue weighted by Crippen LogP contribution is 2.31. The summed E-state index contributed by atoms with van der Waals surface area (Å²) >= 11 is 0. The summed E-state index contributed by atoms with van der Waals surface area (Å²) in [6.45, 7) is 0. The van der Waals surface area contributed by atoms with Crippen LogP contribution in [0.25, 0.3) is 11.1 Å². The number of nitrogens with zero attached hydrogens (tertiary/aromatic N) is 3. The summed E-state index contributed by atoms with van der Waals surface area (Å²) in [6, 6.07) is 8.13. The SMILES string of the molecule is O=S(=O)(N[C@H]1CCC[C@@H](n2cnnc2)C1)c1ccc(-c2ccc(OC(F)(F)F)cc2)cc1F.